The predicted octanol–water partition coefficient (Wildman–Crippen LogP) is 0.367. The Labute approximate surface area is 113 Å². The van der Waals surface area contributed by atoms with E-state index in [2.05, 4.69) is 4.72 Å². The molecular weight excluding hydrogens is 266 g/mol. The van der Waals surface area contributed by atoms with Gasteiger partial charge in [-0.3, -0.25) is 4.79 Å². The molecule has 0 aliphatic rings. The molecule has 0 fully saturated rings. The van der Waals surface area contributed by atoms with E-state index in [1.807, 2.05) is 0 Å². The van der Waals surface area contributed by atoms with Crippen LogP contribution in [0.2, 0.25) is 0 Å². The van der Waals surface area contributed by atoms with Crippen molar-refractivity contribution in [2.24, 2.45) is 11.1 Å². The highest BCUT2D eigenvalue weighted by Crippen LogP contribution is 2.18. The van der Waals surface area contributed by atoms with Crippen molar-refractivity contribution in [3.8, 4) is 0 Å². The van der Waals surface area contributed by atoms with Gasteiger partial charge in [0.2, 0.25) is 15.9 Å². The number of primary amides is 1. The second kappa shape index (κ2) is 5.18. The minimum atomic E-state index is -3.68. The molecule has 0 aromatic heterocycles. The molecule has 0 saturated carbocycles. The zero-order chi connectivity index (χ0) is 14.8. The normalized spacial score (nSPS) is 12.4. The summed E-state index contributed by atoms with van der Waals surface area (Å²) in [5, 5.41) is 0. The van der Waals surface area contributed by atoms with Crippen LogP contribution in [0.25, 0.3) is 0 Å². The van der Waals surface area contributed by atoms with E-state index in [9.17, 15) is 13.2 Å². The number of benzene rings is 1. The quantitative estimate of drug-likeness (QED) is 0.678. The van der Waals surface area contributed by atoms with Crippen molar-refractivity contribution in [3.63, 3.8) is 0 Å². The summed E-state index contributed by atoms with van der Waals surface area (Å²) in [5.41, 5.74) is 11.1. The van der Waals surface area contributed by atoms with E-state index in [1.54, 1.807) is 20.8 Å². The van der Waals surface area contributed by atoms with Gasteiger partial charge >= 0.3 is 0 Å². The maximum absolute atomic E-state index is 12.1. The molecule has 5 N–H and O–H groups in total. The Hall–Kier alpha value is -1.60. The summed E-state index contributed by atoms with van der Waals surface area (Å²) >= 11 is 0. The summed E-state index contributed by atoms with van der Waals surface area (Å²) in [6, 6.07) is 4.43. The van der Waals surface area contributed by atoms with Crippen LogP contribution < -0.4 is 16.2 Å². The van der Waals surface area contributed by atoms with Gasteiger partial charge in [-0.25, -0.2) is 13.1 Å². The van der Waals surface area contributed by atoms with Gasteiger partial charge in [0.25, 0.3) is 0 Å². The lowest BCUT2D eigenvalue weighted by Crippen LogP contribution is -2.42. The van der Waals surface area contributed by atoms with Crippen LogP contribution in [0.15, 0.2) is 23.1 Å². The van der Waals surface area contributed by atoms with Gasteiger partial charge in [-0.1, -0.05) is 0 Å². The molecule has 0 aliphatic carbocycles. The average molecular weight is 285 g/mol. The predicted molar refractivity (Wildman–Crippen MR) is 73.8 cm³/mol. The number of sulfonamides is 1. The van der Waals surface area contributed by atoms with Crippen molar-refractivity contribution < 1.29 is 13.2 Å². The van der Waals surface area contributed by atoms with Crippen LogP contribution in [0.3, 0.4) is 0 Å². The molecule has 19 heavy (non-hydrogen) atoms. The summed E-state index contributed by atoms with van der Waals surface area (Å²) in [6.07, 6.45) is 0. The van der Waals surface area contributed by atoms with E-state index in [1.165, 1.54) is 18.2 Å². The molecule has 1 aromatic rings. The van der Waals surface area contributed by atoms with E-state index < -0.39 is 21.3 Å². The molecule has 0 atom stereocenters. The first kappa shape index (κ1) is 15.5. The Kier molecular flexibility index (Phi) is 4.21. The van der Waals surface area contributed by atoms with Gasteiger partial charge in [0.1, 0.15) is 0 Å². The Bertz CT molecular complexity index is 594. The van der Waals surface area contributed by atoms with E-state index in [0.717, 1.165) is 0 Å². The van der Waals surface area contributed by atoms with Gasteiger partial charge in [-0.15, -0.1) is 0 Å². The number of carbonyl (C=O) groups is 1. The second-order valence-electron chi connectivity index (χ2n) is 5.09. The second-order valence-corrected chi connectivity index (χ2v) is 6.86. The van der Waals surface area contributed by atoms with Crippen LogP contribution in [-0.2, 0) is 14.8 Å². The number of anilines is 1. The van der Waals surface area contributed by atoms with Crippen molar-refractivity contribution in [3.05, 3.63) is 23.8 Å². The van der Waals surface area contributed by atoms with Crippen molar-refractivity contribution in [2.75, 3.05) is 12.3 Å². The monoisotopic (exact) mass is 285 g/mol. The third kappa shape index (κ3) is 3.68. The maximum atomic E-state index is 12.1. The van der Waals surface area contributed by atoms with Gasteiger partial charge in [-0.05, 0) is 44.5 Å². The number of nitrogens with one attached hydrogen (secondary N) is 1. The number of hydrogen-bond acceptors (Lipinski definition) is 4. The minimum absolute atomic E-state index is 0.0614. The third-order valence-corrected chi connectivity index (χ3v) is 4.32. The van der Waals surface area contributed by atoms with Gasteiger partial charge in [0.15, 0.2) is 0 Å². The molecule has 1 rings (SSSR count). The lowest BCUT2D eigenvalue weighted by molar-refractivity contribution is -0.125. The van der Waals surface area contributed by atoms with Gasteiger partial charge in [0.05, 0.1) is 10.3 Å². The minimum Gasteiger partial charge on any atom is -0.399 e. The number of hydrogen-bond donors (Lipinski definition) is 3. The topological polar surface area (TPSA) is 115 Å². The van der Waals surface area contributed by atoms with E-state index >= 15 is 0 Å². The van der Waals surface area contributed by atoms with E-state index in [-0.39, 0.29) is 11.4 Å². The van der Waals surface area contributed by atoms with Gasteiger partial charge in [-0.2, -0.15) is 0 Å². The summed E-state index contributed by atoms with van der Waals surface area (Å²) in [5.74, 6) is -0.566. The lowest BCUT2D eigenvalue weighted by Gasteiger charge is -2.20. The van der Waals surface area contributed by atoms with Crippen molar-refractivity contribution in [1.82, 2.24) is 4.72 Å². The fourth-order valence-electron chi connectivity index (χ4n) is 1.26. The molecule has 7 heteroatoms. The molecule has 0 heterocycles. The van der Waals surface area contributed by atoms with Crippen LogP contribution in [0.1, 0.15) is 19.4 Å². The molecule has 1 amide bonds. The molecule has 6 nitrogen and oxygen atoms in total. The molecule has 0 spiro atoms. The highest BCUT2D eigenvalue weighted by Gasteiger charge is 2.27. The molecule has 0 radical (unpaired) electrons. The van der Waals surface area contributed by atoms with Crippen LogP contribution in [0, 0.1) is 12.3 Å². The number of carbonyl (C=O) groups excluding carboxylic acids is 1. The number of rotatable bonds is 5. The van der Waals surface area contributed by atoms with Crippen molar-refractivity contribution in [1.29, 1.82) is 0 Å². The largest absolute Gasteiger partial charge is 0.399 e. The highest BCUT2D eigenvalue weighted by molar-refractivity contribution is 7.89. The van der Waals surface area contributed by atoms with E-state index in [4.69, 9.17) is 11.5 Å². The zero-order valence-electron chi connectivity index (χ0n) is 11.2. The zero-order valence-corrected chi connectivity index (χ0v) is 12.0. The summed E-state index contributed by atoms with van der Waals surface area (Å²) in [7, 11) is -3.68. The molecule has 1 aromatic carbocycles. The molecule has 0 aliphatic heterocycles. The maximum Gasteiger partial charge on any atom is 0.240 e. The van der Waals surface area contributed by atoms with Crippen LogP contribution in [-0.4, -0.2) is 20.9 Å². The molecular formula is C12H19N3O3S. The first-order valence-corrected chi connectivity index (χ1v) is 7.20. The summed E-state index contributed by atoms with van der Waals surface area (Å²) in [4.78, 5) is 11.3. The van der Waals surface area contributed by atoms with Gasteiger partial charge in [0, 0.05) is 12.2 Å². The third-order valence-electron chi connectivity index (χ3n) is 2.92. The van der Waals surface area contributed by atoms with Crippen LogP contribution >= 0.6 is 0 Å². The number of nitrogens with two attached hydrogens (primary N) is 2. The Morgan fingerprint density at radius 3 is 2.42 bits per heavy atom. The standard InChI is InChI=1S/C12H19N3O3S/c1-8-6-9(4-5-10(8)13)19(17,18)15-7-12(2,3)11(14)16/h4-6,15H,7,13H2,1-3H3,(H2,14,16). The smallest absolute Gasteiger partial charge is 0.240 e. The molecule has 0 saturated heterocycles. The Morgan fingerprint density at radius 2 is 1.95 bits per heavy atom. The summed E-state index contributed by atoms with van der Waals surface area (Å²) in [6.45, 7) is 4.81. The van der Waals surface area contributed by atoms with Crippen LogP contribution in [0.5, 0.6) is 0 Å². The van der Waals surface area contributed by atoms with E-state index in [0.29, 0.717) is 11.3 Å². The highest BCUT2D eigenvalue weighted by atomic mass is 32.2. The van der Waals surface area contributed by atoms with Crippen molar-refractivity contribution in [2.45, 2.75) is 25.7 Å². The number of amides is 1. The first-order valence-electron chi connectivity index (χ1n) is 5.72. The SMILES string of the molecule is Cc1cc(S(=O)(=O)NCC(C)(C)C(N)=O)ccc1N. The lowest BCUT2D eigenvalue weighted by atomic mass is 9.93. The van der Waals surface area contributed by atoms with Crippen molar-refractivity contribution >= 4 is 21.6 Å². The average Bonchev–Trinajstić information content (AvgIpc) is 2.30. The first-order chi connectivity index (χ1) is 8.56. The molecule has 106 valence electrons. The molecule has 0 bridgehead atoms. The Balaban J connectivity index is 2.93. The number of aryl methyl sites for hydroxylation is 1. The Morgan fingerprint density at radius 1 is 1.37 bits per heavy atom. The van der Waals surface area contributed by atoms with Crippen LogP contribution in [0.4, 0.5) is 5.69 Å². The molecule has 0 unspecified atom stereocenters. The fraction of sp³-hybridized carbons (Fsp3) is 0.417. The van der Waals surface area contributed by atoms with Gasteiger partial charge < -0.3 is 11.5 Å². The number of nitrogen functional groups attached to an aromatic ring is 1. The summed E-state index contributed by atoms with van der Waals surface area (Å²) < 4.78 is 26.5. The fourth-order valence-corrected chi connectivity index (χ4v) is 2.56.